The van der Waals surface area contributed by atoms with Crippen LogP contribution < -0.4 is 4.74 Å². The van der Waals surface area contributed by atoms with Gasteiger partial charge in [0.15, 0.2) is 5.78 Å². The number of rotatable bonds is 6. The lowest BCUT2D eigenvalue weighted by Gasteiger charge is -2.20. The lowest BCUT2D eigenvalue weighted by molar-refractivity contribution is -0.125. The Kier molecular flexibility index (Phi) is 5.44. The number of hydrogen-bond donors (Lipinski definition) is 0. The molecule has 19 heavy (non-hydrogen) atoms. The van der Waals surface area contributed by atoms with Gasteiger partial charge in [-0.3, -0.25) is 4.79 Å². The summed E-state index contributed by atoms with van der Waals surface area (Å²) in [7, 11) is 0. The maximum Gasteiger partial charge on any atom is 0.173 e. The van der Waals surface area contributed by atoms with E-state index in [0.717, 1.165) is 31.4 Å². The second-order valence-electron chi connectivity index (χ2n) is 5.48. The Morgan fingerprint density at radius 3 is 2.47 bits per heavy atom. The first-order chi connectivity index (χ1) is 9.29. The highest BCUT2D eigenvalue weighted by atomic mass is 16.5. The minimum Gasteiger partial charge on any atom is -0.486 e. The van der Waals surface area contributed by atoms with E-state index in [9.17, 15) is 4.79 Å². The first kappa shape index (κ1) is 14.1. The van der Waals surface area contributed by atoms with Gasteiger partial charge in [-0.2, -0.15) is 0 Å². The summed E-state index contributed by atoms with van der Waals surface area (Å²) in [5, 5.41) is 0. The van der Waals surface area contributed by atoms with Gasteiger partial charge in [-0.15, -0.1) is 0 Å². The molecule has 0 unspecified atom stereocenters. The number of ether oxygens (including phenoxy) is 1. The van der Waals surface area contributed by atoms with Crippen LogP contribution in [0.15, 0.2) is 24.3 Å². The van der Waals surface area contributed by atoms with Gasteiger partial charge in [-0.05, 0) is 37.0 Å². The molecule has 0 bridgehead atoms. The standard InChI is InChI=1S/C17H24O2/c1-2-6-14-9-11-16(12-10-14)19-13-17(18)15-7-4-3-5-8-15/h9-12,15H,2-8,13H2,1H3. The van der Waals surface area contributed by atoms with Gasteiger partial charge in [0.2, 0.25) is 0 Å². The van der Waals surface area contributed by atoms with Crippen LogP contribution in [-0.2, 0) is 11.2 Å². The van der Waals surface area contributed by atoms with Crippen molar-refractivity contribution >= 4 is 5.78 Å². The van der Waals surface area contributed by atoms with Crippen molar-refractivity contribution in [3.63, 3.8) is 0 Å². The third-order valence-corrected chi connectivity index (χ3v) is 3.90. The minimum absolute atomic E-state index is 0.234. The number of benzene rings is 1. The maximum atomic E-state index is 12.0. The first-order valence-corrected chi connectivity index (χ1v) is 7.54. The van der Waals surface area contributed by atoms with Crippen LogP contribution in [0, 0.1) is 5.92 Å². The second kappa shape index (κ2) is 7.32. The summed E-state index contributed by atoms with van der Waals surface area (Å²) in [5.41, 5.74) is 1.33. The van der Waals surface area contributed by atoms with E-state index in [4.69, 9.17) is 4.74 Å². The number of ketones is 1. The van der Waals surface area contributed by atoms with Gasteiger partial charge in [0, 0.05) is 5.92 Å². The van der Waals surface area contributed by atoms with Crippen LogP contribution >= 0.6 is 0 Å². The van der Waals surface area contributed by atoms with Gasteiger partial charge in [0.1, 0.15) is 12.4 Å². The predicted octanol–water partition coefficient (Wildman–Crippen LogP) is 4.17. The van der Waals surface area contributed by atoms with E-state index in [1.54, 1.807) is 0 Å². The minimum atomic E-state index is 0.234. The van der Waals surface area contributed by atoms with Gasteiger partial charge in [0.25, 0.3) is 0 Å². The van der Waals surface area contributed by atoms with Gasteiger partial charge < -0.3 is 4.74 Å². The molecule has 1 saturated carbocycles. The summed E-state index contributed by atoms with van der Waals surface area (Å²) >= 11 is 0. The molecule has 0 N–H and O–H groups in total. The zero-order valence-electron chi connectivity index (χ0n) is 11.9. The lowest BCUT2D eigenvalue weighted by Crippen LogP contribution is -2.23. The second-order valence-corrected chi connectivity index (χ2v) is 5.48. The first-order valence-electron chi connectivity index (χ1n) is 7.54. The zero-order valence-corrected chi connectivity index (χ0v) is 11.9. The Bertz CT molecular complexity index is 388. The van der Waals surface area contributed by atoms with Crippen molar-refractivity contribution in [3.8, 4) is 5.75 Å². The average molecular weight is 260 g/mol. The molecule has 1 aliphatic carbocycles. The number of Topliss-reactive ketones (excluding diaryl/α,β-unsaturated/α-hetero) is 1. The summed E-state index contributed by atoms with van der Waals surface area (Å²) in [6, 6.07) is 8.12. The molecule has 1 fully saturated rings. The van der Waals surface area contributed by atoms with Gasteiger partial charge in [0.05, 0.1) is 0 Å². The van der Waals surface area contributed by atoms with Crippen LogP contribution in [0.3, 0.4) is 0 Å². The van der Waals surface area contributed by atoms with Crippen LogP contribution in [-0.4, -0.2) is 12.4 Å². The maximum absolute atomic E-state index is 12.0. The molecule has 1 aliphatic rings. The molecule has 1 aromatic carbocycles. The van der Waals surface area contributed by atoms with Crippen molar-refractivity contribution in [2.45, 2.75) is 51.9 Å². The fourth-order valence-electron chi connectivity index (χ4n) is 2.74. The molecule has 0 spiro atoms. The normalized spacial score (nSPS) is 16.3. The van der Waals surface area contributed by atoms with Gasteiger partial charge in [-0.1, -0.05) is 44.7 Å². The van der Waals surface area contributed by atoms with Crippen LogP contribution in [0.1, 0.15) is 51.0 Å². The Hall–Kier alpha value is -1.31. The molecular formula is C17H24O2. The summed E-state index contributed by atoms with van der Waals surface area (Å²) < 4.78 is 5.60. The monoisotopic (exact) mass is 260 g/mol. The van der Waals surface area contributed by atoms with Crippen molar-refractivity contribution < 1.29 is 9.53 Å². The number of carbonyl (C=O) groups excluding carboxylic acids is 1. The van der Waals surface area contributed by atoms with Gasteiger partial charge in [-0.25, -0.2) is 0 Å². The number of hydrogen-bond acceptors (Lipinski definition) is 2. The molecule has 104 valence electrons. The molecule has 0 radical (unpaired) electrons. The SMILES string of the molecule is CCCc1ccc(OCC(=O)C2CCCCC2)cc1. The highest BCUT2D eigenvalue weighted by molar-refractivity contribution is 5.82. The molecule has 0 aliphatic heterocycles. The highest BCUT2D eigenvalue weighted by Gasteiger charge is 2.21. The van der Waals surface area contributed by atoms with E-state index < -0.39 is 0 Å². The molecule has 0 aromatic heterocycles. The fraction of sp³-hybridized carbons (Fsp3) is 0.588. The largest absolute Gasteiger partial charge is 0.486 e. The summed E-state index contributed by atoms with van der Waals surface area (Å²) in [6.07, 6.45) is 8.03. The smallest absolute Gasteiger partial charge is 0.173 e. The van der Waals surface area contributed by atoms with Crippen molar-refractivity contribution in [3.05, 3.63) is 29.8 Å². The molecule has 2 heteroatoms. The van der Waals surface area contributed by atoms with Crippen molar-refractivity contribution in [1.29, 1.82) is 0 Å². The van der Waals surface area contributed by atoms with Crippen LogP contribution in [0.25, 0.3) is 0 Å². The van der Waals surface area contributed by atoms with E-state index in [-0.39, 0.29) is 18.3 Å². The molecule has 0 heterocycles. The van der Waals surface area contributed by atoms with Gasteiger partial charge >= 0.3 is 0 Å². The van der Waals surface area contributed by atoms with Crippen molar-refractivity contribution in [1.82, 2.24) is 0 Å². The Labute approximate surface area is 116 Å². The quantitative estimate of drug-likeness (QED) is 0.767. The highest BCUT2D eigenvalue weighted by Crippen LogP contribution is 2.24. The topological polar surface area (TPSA) is 26.3 Å². The van der Waals surface area contributed by atoms with E-state index in [1.165, 1.54) is 24.8 Å². The summed E-state index contributed by atoms with van der Waals surface area (Å²) in [4.78, 5) is 12.0. The van der Waals surface area contributed by atoms with Crippen molar-refractivity contribution in [2.75, 3.05) is 6.61 Å². The predicted molar refractivity (Wildman–Crippen MR) is 77.5 cm³/mol. The molecule has 2 nitrogen and oxygen atoms in total. The van der Waals surface area contributed by atoms with Crippen molar-refractivity contribution in [2.24, 2.45) is 5.92 Å². The van der Waals surface area contributed by atoms with Crippen LogP contribution in [0.4, 0.5) is 0 Å². The number of aryl methyl sites for hydroxylation is 1. The third-order valence-electron chi connectivity index (χ3n) is 3.90. The summed E-state index contributed by atoms with van der Waals surface area (Å²) in [6.45, 7) is 2.41. The Morgan fingerprint density at radius 1 is 1.16 bits per heavy atom. The Morgan fingerprint density at radius 2 is 1.84 bits per heavy atom. The molecule has 0 atom stereocenters. The van der Waals surface area contributed by atoms with Crippen LogP contribution in [0.2, 0.25) is 0 Å². The number of carbonyl (C=O) groups is 1. The van der Waals surface area contributed by atoms with E-state index >= 15 is 0 Å². The lowest BCUT2D eigenvalue weighted by atomic mass is 9.86. The van der Waals surface area contributed by atoms with E-state index in [0.29, 0.717) is 0 Å². The average Bonchev–Trinajstić information content (AvgIpc) is 2.47. The van der Waals surface area contributed by atoms with Crippen LogP contribution in [0.5, 0.6) is 5.75 Å². The third kappa shape index (κ3) is 4.38. The Balaban J connectivity index is 1.79. The summed E-state index contributed by atoms with van der Waals surface area (Å²) in [5.74, 6) is 1.33. The molecule has 0 amide bonds. The molecule has 0 saturated heterocycles. The molecule has 2 rings (SSSR count). The fourth-order valence-corrected chi connectivity index (χ4v) is 2.74. The zero-order chi connectivity index (χ0) is 13.5. The van der Waals surface area contributed by atoms with E-state index in [2.05, 4.69) is 19.1 Å². The van der Waals surface area contributed by atoms with E-state index in [1.807, 2.05) is 12.1 Å². The molecular weight excluding hydrogens is 236 g/mol. The molecule has 1 aromatic rings.